The van der Waals surface area contributed by atoms with E-state index in [0.717, 1.165) is 17.1 Å². The molecule has 0 N–H and O–H groups in total. The van der Waals surface area contributed by atoms with Crippen LogP contribution in [0.3, 0.4) is 0 Å². The van der Waals surface area contributed by atoms with Gasteiger partial charge in [0.25, 0.3) is 0 Å². The molecule has 2 heterocycles. The lowest BCUT2D eigenvalue weighted by atomic mass is 9.51. The van der Waals surface area contributed by atoms with Crippen molar-refractivity contribution in [1.29, 1.82) is 0 Å². The summed E-state index contributed by atoms with van der Waals surface area (Å²) in [7, 11) is 1.72. The van der Waals surface area contributed by atoms with Gasteiger partial charge in [-0.2, -0.15) is 5.10 Å². The monoisotopic (exact) mass is 243 g/mol. The minimum absolute atomic E-state index is 0.576. The molecule has 2 aliphatic carbocycles. The van der Waals surface area contributed by atoms with Crippen LogP contribution in [0.25, 0.3) is 5.65 Å². The molecule has 0 saturated heterocycles. The summed E-state index contributed by atoms with van der Waals surface area (Å²) < 4.78 is 7.33. The molecule has 2 aliphatic rings. The number of rotatable bonds is 2. The van der Waals surface area contributed by atoms with Crippen LogP contribution in [0.4, 0.5) is 0 Å². The van der Waals surface area contributed by atoms with Gasteiger partial charge in [-0.3, -0.25) is 0 Å². The molecule has 0 radical (unpaired) electrons. The van der Waals surface area contributed by atoms with Crippen LogP contribution in [0.1, 0.15) is 43.7 Å². The summed E-state index contributed by atoms with van der Waals surface area (Å²) in [5.41, 5.74) is 2.63. The lowest BCUT2D eigenvalue weighted by molar-refractivity contribution is 0.00647. The molecule has 1 spiro atoms. The second kappa shape index (κ2) is 3.46. The Balaban J connectivity index is 1.70. The van der Waals surface area contributed by atoms with E-state index in [-0.39, 0.29) is 0 Å². The third-order valence-electron chi connectivity index (χ3n) is 4.76. The predicted molar refractivity (Wildman–Crippen MR) is 67.8 cm³/mol. The molecule has 2 saturated carbocycles. The van der Waals surface area contributed by atoms with Gasteiger partial charge in [0.15, 0.2) is 5.65 Å². The van der Waals surface area contributed by atoms with Crippen molar-refractivity contribution < 1.29 is 4.74 Å². The fraction of sp³-hybridized carbons (Fsp3) is 0.571. The number of imidazole rings is 1. The predicted octanol–water partition coefficient (Wildman–Crippen LogP) is 2.79. The summed E-state index contributed by atoms with van der Waals surface area (Å²) in [5, 5.41) is 4.68. The van der Waals surface area contributed by atoms with Crippen molar-refractivity contribution in [2.75, 3.05) is 7.11 Å². The summed E-state index contributed by atoms with van der Waals surface area (Å²) in [5.74, 6) is 1.47. The van der Waals surface area contributed by atoms with Crippen molar-refractivity contribution in [3.63, 3.8) is 0 Å². The Morgan fingerprint density at radius 1 is 1.39 bits per heavy atom. The summed E-state index contributed by atoms with van der Waals surface area (Å²) in [6.45, 7) is 0. The fourth-order valence-electron chi connectivity index (χ4n) is 3.56. The maximum Gasteiger partial charge on any atom is 0.157 e. The first-order chi connectivity index (χ1) is 8.80. The second-order valence-corrected chi connectivity index (χ2v) is 5.79. The van der Waals surface area contributed by atoms with Gasteiger partial charge in [0.05, 0.1) is 7.11 Å². The molecule has 4 heteroatoms. The molecule has 0 aliphatic heterocycles. The van der Waals surface area contributed by atoms with E-state index in [1.165, 1.54) is 32.1 Å². The Hall–Kier alpha value is -1.58. The normalized spacial score (nSPS) is 21.8. The quantitative estimate of drug-likeness (QED) is 0.814. The highest BCUT2D eigenvalue weighted by Gasteiger charge is 2.49. The summed E-state index contributed by atoms with van der Waals surface area (Å²) >= 11 is 0. The molecule has 0 unspecified atom stereocenters. The maximum atomic E-state index is 5.48. The smallest absolute Gasteiger partial charge is 0.157 e. The lowest BCUT2D eigenvalue weighted by Crippen LogP contribution is -2.41. The van der Waals surface area contributed by atoms with E-state index in [0.29, 0.717) is 11.3 Å². The van der Waals surface area contributed by atoms with E-state index in [4.69, 9.17) is 4.74 Å². The van der Waals surface area contributed by atoms with Gasteiger partial charge < -0.3 is 4.74 Å². The third-order valence-corrected chi connectivity index (χ3v) is 4.76. The highest BCUT2D eigenvalue weighted by molar-refractivity contribution is 5.46. The molecule has 0 atom stereocenters. The van der Waals surface area contributed by atoms with Crippen LogP contribution in [-0.2, 0) is 0 Å². The van der Waals surface area contributed by atoms with Gasteiger partial charge in [-0.15, -0.1) is 0 Å². The standard InChI is InChI=1S/C14H17N3O/c1-18-11-7-12-15-5-6-17(12)16-13(11)10-8-14(9-10)3-2-4-14/h5-7,10H,2-4,8-9H2,1H3. The number of ether oxygens (including phenoxy) is 1. The van der Waals surface area contributed by atoms with Gasteiger partial charge >= 0.3 is 0 Å². The van der Waals surface area contributed by atoms with Gasteiger partial charge in [-0.25, -0.2) is 9.50 Å². The van der Waals surface area contributed by atoms with E-state index >= 15 is 0 Å². The minimum Gasteiger partial charge on any atom is -0.495 e. The average Bonchev–Trinajstić information content (AvgIpc) is 2.71. The minimum atomic E-state index is 0.576. The Bertz CT molecular complexity index is 592. The average molecular weight is 243 g/mol. The van der Waals surface area contributed by atoms with Crippen LogP contribution in [0.15, 0.2) is 18.5 Å². The number of hydrogen-bond donors (Lipinski definition) is 0. The highest BCUT2D eigenvalue weighted by Crippen LogP contribution is 2.62. The van der Waals surface area contributed by atoms with E-state index in [2.05, 4.69) is 10.1 Å². The Morgan fingerprint density at radius 2 is 2.22 bits per heavy atom. The first-order valence-corrected chi connectivity index (χ1v) is 6.68. The molecule has 0 amide bonds. The number of aromatic nitrogens is 3. The van der Waals surface area contributed by atoms with Crippen molar-refractivity contribution in [3.8, 4) is 5.75 Å². The van der Waals surface area contributed by atoms with Gasteiger partial charge in [-0.1, -0.05) is 6.42 Å². The van der Waals surface area contributed by atoms with Crippen LogP contribution in [0.5, 0.6) is 5.75 Å². The molecular weight excluding hydrogens is 226 g/mol. The van der Waals surface area contributed by atoms with E-state index in [1.54, 1.807) is 13.3 Å². The van der Waals surface area contributed by atoms with E-state index in [9.17, 15) is 0 Å². The Kier molecular flexibility index (Phi) is 1.99. The highest BCUT2D eigenvalue weighted by atomic mass is 16.5. The SMILES string of the molecule is COc1cc2nccn2nc1C1CC2(CCC2)C1. The van der Waals surface area contributed by atoms with Crippen molar-refractivity contribution in [2.45, 2.75) is 38.0 Å². The topological polar surface area (TPSA) is 39.4 Å². The van der Waals surface area contributed by atoms with E-state index in [1.807, 2.05) is 16.8 Å². The van der Waals surface area contributed by atoms with Crippen LogP contribution in [0.2, 0.25) is 0 Å². The van der Waals surface area contributed by atoms with E-state index < -0.39 is 0 Å². The number of nitrogens with zero attached hydrogens (tertiary/aromatic N) is 3. The maximum absolute atomic E-state index is 5.48. The van der Waals surface area contributed by atoms with Crippen molar-refractivity contribution in [1.82, 2.24) is 14.6 Å². The van der Waals surface area contributed by atoms with Crippen molar-refractivity contribution in [3.05, 3.63) is 24.2 Å². The molecule has 0 bridgehead atoms. The molecule has 0 aromatic carbocycles. The lowest BCUT2D eigenvalue weighted by Gasteiger charge is -2.54. The molecule has 4 nitrogen and oxygen atoms in total. The molecule has 18 heavy (non-hydrogen) atoms. The van der Waals surface area contributed by atoms with Crippen LogP contribution in [0, 0.1) is 5.41 Å². The second-order valence-electron chi connectivity index (χ2n) is 5.79. The van der Waals surface area contributed by atoms with Crippen molar-refractivity contribution in [2.24, 2.45) is 5.41 Å². The van der Waals surface area contributed by atoms with Gasteiger partial charge in [-0.05, 0) is 31.1 Å². The molecule has 2 aromatic rings. The van der Waals surface area contributed by atoms with Crippen molar-refractivity contribution >= 4 is 5.65 Å². The number of methoxy groups -OCH3 is 1. The first kappa shape index (κ1) is 10.4. The van der Waals surface area contributed by atoms with Crippen LogP contribution < -0.4 is 4.74 Å². The number of fused-ring (bicyclic) bond motifs is 1. The molecule has 2 aromatic heterocycles. The number of hydrogen-bond acceptors (Lipinski definition) is 3. The summed E-state index contributed by atoms with van der Waals surface area (Å²) in [6, 6.07) is 1.99. The third kappa shape index (κ3) is 1.32. The van der Waals surface area contributed by atoms with Gasteiger partial charge in [0, 0.05) is 24.4 Å². The fourth-order valence-corrected chi connectivity index (χ4v) is 3.56. The molecule has 2 fully saturated rings. The zero-order valence-corrected chi connectivity index (χ0v) is 10.6. The summed E-state index contributed by atoms with van der Waals surface area (Å²) in [4.78, 5) is 4.25. The van der Waals surface area contributed by atoms with Crippen LogP contribution >= 0.6 is 0 Å². The molecular formula is C14H17N3O. The first-order valence-electron chi connectivity index (χ1n) is 6.68. The molecule has 4 rings (SSSR count). The zero-order valence-electron chi connectivity index (χ0n) is 10.6. The van der Waals surface area contributed by atoms with Gasteiger partial charge in [0.1, 0.15) is 11.4 Å². The largest absolute Gasteiger partial charge is 0.495 e. The zero-order chi connectivity index (χ0) is 12.2. The van der Waals surface area contributed by atoms with Crippen LogP contribution in [-0.4, -0.2) is 21.7 Å². The Labute approximate surface area is 106 Å². The molecule has 94 valence electrons. The Morgan fingerprint density at radius 3 is 2.89 bits per heavy atom. The van der Waals surface area contributed by atoms with Gasteiger partial charge in [0.2, 0.25) is 0 Å². The summed E-state index contributed by atoms with van der Waals surface area (Å²) in [6.07, 6.45) is 10.5.